The van der Waals surface area contributed by atoms with E-state index in [0.717, 1.165) is 21.0 Å². The van der Waals surface area contributed by atoms with Gasteiger partial charge >= 0.3 is 0 Å². The van der Waals surface area contributed by atoms with Crippen molar-refractivity contribution in [3.05, 3.63) is 29.1 Å². The SMILES string of the molecule is COc1cc(F)c(F)c(C(C)(C)O)c1F. The van der Waals surface area contributed by atoms with E-state index in [-0.39, 0.29) is 0 Å². The van der Waals surface area contributed by atoms with Crippen LogP contribution in [0.3, 0.4) is 0 Å². The second-order valence-corrected chi connectivity index (χ2v) is 3.62. The Labute approximate surface area is 85.3 Å². The van der Waals surface area contributed by atoms with Gasteiger partial charge < -0.3 is 9.84 Å². The van der Waals surface area contributed by atoms with E-state index in [4.69, 9.17) is 0 Å². The predicted octanol–water partition coefficient (Wildman–Crippen LogP) is 2.34. The molecule has 1 aromatic carbocycles. The third-order valence-electron chi connectivity index (χ3n) is 1.95. The van der Waals surface area contributed by atoms with Gasteiger partial charge in [0.1, 0.15) is 0 Å². The number of rotatable bonds is 2. The van der Waals surface area contributed by atoms with E-state index < -0.39 is 34.4 Å². The van der Waals surface area contributed by atoms with Crippen molar-refractivity contribution in [2.24, 2.45) is 0 Å². The normalized spacial score (nSPS) is 11.7. The maximum atomic E-state index is 13.5. The predicted molar refractivity (Wildman–Crippen MR) is 48.1 cm³/mol. The molecule has 0 fully saturated rings. The molecule has 1 aromatic rings. The molecule has 0 bridgehead atoms. The lowest BCUT2D eigenvalue weighted by Gasteiger charge is -2.20. The Bertz CT molecular complexity index is 383. The van der Waals surface area contributed by atoms with Crippen LogP contribution in [0.2, 0.25) is 0 Å². The van der Waals surface area contributed by atoms with Gasteiger partial charge in [-0.3, -0.25) is 0 Å². The summed E-state index contributed by atoms with van der Waals surface area (Å²) in [5, 5.41) is 9.49. The summed E-state index contributed by atoms with van der Waals surface area (Å²) in [5.74, 6) is -4.19. The third-order valence-corrected chi connectivity index (χ3v) is 1.95. The molecule has 15 heavy (non-hydrogen) atoms. The summed E-state index contributed by atoms with van der Waals surface area (Å²) < 4.78 is 44.3. The van der Waals surface area contributed by atoms with E-state index in [1.165, 1.54) is 0 Å². The molecule has 5 heteroatoms. The number of halogens is 3. The molecular weight excluding hydrogens is 209 g/mol. The van der Waals surface area contributed by atoms with Crippen molar-refractivity contribution in [3.8, 4) is 5.75 Å². The highest BCUT2D eigenvalue weighted by Crippen LogP contribution is 2.32. The van der Waals surface area contributed by atoms with Crippen LogP contribution < -0.4 is 4.74 Å². The highest BCUT2D eigenvalue weighted by molar-refractivity contribution is 5.36. The molecule has 0 heterocycles. The van der Waals surface area contributed by atoms with E-state index in [0.29, 0.717) is 6.07 Å². The van der Waals surface area contributed by atoms with E-state index in [1.54, 1.807) is 0 Å². The standard InChI is InChI=1S/C10H11F3O2/c1-10(2,14)7-8(12)5(11)4-6(15-3)9(7)13/h4,14H,1-3H3. The van der Waals surface area contributed by atoms with Crippen molar-refractivity contribution < 1.29 is 23.0 Å². The Morgan fingerprint density at radius 3 is 2.13 bits per heavy atom. The van der Waals surface area contributed by atoms with Crippen molar-refractivity contribution in [1.29, 1.82) is 0 Å². The first-order valence-electron chi connectivity index (χ1n) is 4.23. The molecule has 0 radical (unpaired) electrons. The zero-order valence-electron chi connectivity index (χ0n) is 8.57. The van der Waals surface area contributed by atoms with E-state index in [9.17, 15) is 18.3 Å². The maximum absolute atomic E-state index is 13.5. The highest BCUT2D eigenvalue weighted by Gasteiger charge is 2.30. The van der Waals surface area contributed by atoms with Gasteiger partial charge in [0.05, 0.1) is 18.3 Å². The summed E-state index contributed by atoms with van der Waals surface area (Å²) >= 11 is 0. The van der Waals surface area contributed by atoms with E-state index in [2.05, 4.69) is 4.74 Å². The molecule has 0 saturated heterocycles. The van der Waals surface area contributed by atoms with Gasteiger partial charge in [-0.2, -0.15) is 0 Å². The zero-order valence-corrected chi connectivity index (χ0v) is 8.57. The lowest BCUT2D eigenvalue weighted by Crippen LogP contribution is -2.21. The lowest BCUT2D eigenvalue weighted by atomic mass is 9.96. The van der Waals surface area contributed by atoms with Crippen molar-refractivity contribution in [1.82, 2.24) is 0 Å². The fourth-order valence-corrected chi connectivity index (χ4v) is 1.27. The molecular formula is C10H11F3O2. The van der Waals surface area contributed by atoms with Crippen molar-refractivity contribution >= 4 is 0 Å². The number of hydrogen-bond donors (Lipinski definition) is 1. The number of aliphatic hydroxyl groups is 1. The summed E-state index contributed by atoms with van der Waals surface area (Å²) in [6.45, 7) is 2.32. The summed E-state index contributed by atoms with van der Waals surface area (Å²) in [5.41, 5.74) is -2.55. The summed E-state index contributed by atoms with van der Waals surface area (Å²) in [7, 11) is 1.13. The summed E-state index contributed by atoms with van der Waals surface area (Å²) in [6, 6.07) is 0.597. The van der Waals surface area contributed by atoms with Crippen LogP contribution in [0.25, 0.3) is 0 Å². The fourth-order valence-electron chi connectivity index (χ4n) is 1.27. The largest absolute Gasteiger partial charge is 0.494 e. The average Bonchev–Trinajstić information content (AvgIpc) is 2.09. The van der Waals surface area contributed by atoms with Crippen LogP contribution in [0, 0.1) is 17.5 Å². The Kier molecular flexibility index (Phi) is 2.95. The Balaban J connectivity index is 3.55. The quantitative estimate of drug-likeness (QED) is 0.775. The van der Waals surface area contributed by atoms with Gasteiger partial charge in [0, 0.05) is 6.07 Å². The van der Waals surface area contributed by atoms with Crippen molar-refractivity contribution in [3.63, 3.8) is 0 Å². The van der Waals surface area contributed by atoms with Gasteiger partial charge in [-0.1, -0.05) is 0 Å². The summed E-state index contributed by atoms with van der Waals surface area (Å²) in [6.07, 6.45) is 0. The van der Waals surface area contributed by atoms with Crippen molar-refractivity contribution in [2.75, 3.05) is 7.11 Å². The van der Waals surface area contributed by atoms with Crippen LogP contribution in [0.15, 0.2) is 6.07 Å². The minimum atomic E-state index is -1.82. The second-order valence-electron chi connectivity index (χ2n) is 3.62. The van der Waals surface area contributed by atoms with Gasteiger partial charge in [0.25, 0.3) is 0 Å². The molecule has 84 valence electrons. The van der Waals surface area contributed by atoms with Gasteiger partial charge in [-0.05, 0) is 13.8 Å². The first-order chi connectivity index (χ1) is 6.79. The molecule has 0 saturated carbocycles. The Morgan fingerprint density at radius 1 is 1.20 bits per heavy atom. The molecule has 1 N–H and O–H groups in total. The third kappa shape index (κ3) is 2.07. The molecule has 0 aliphatic rings. The van der Waals surface area contributed by atoms with E-state index >= 15 is 0 Å². The highest BCUT2D eigenvalue weighted by atomic mass is 19.2. The van der Waals surface area contributed by atoms with Crippen LogP contribution in [-0.4, -0.2) is 12.2 Å². The van der Waals surface area contributed by atoms with Crippen molar-refractivity contribution in [2.45, 2.75) is 19.4 Å². The lowest BCUT2D eigenvalue weighted by molar-refractivity contribution is 0.0685. The minimum Gasteiger partial charge on any atom is -0.494 e. The second kappa shape index (κ2) is 3.73. The molecule has 0 unspecified atom stereocenters. The number of ether oxygens (including phenoxy) is 1. The first kappa shape index (κ1) is 11.8. The average molecular weight is 220 g/mol. The van der Waals surface area contributed by atoms with Crippen LogP contribution >= 0.6 is 0 Å². The van der Waals surface area contributed by atoms with Gasteiger partial charge in [-0.25, -0.2) is 13.2 Å². The van der Waals surface area contributed by atoms with Gasteiger partial charge in [0.15, 0.2) is 23.2 Å². The van der Waals surface area contributed by atoms with Gasteiger partial charge in [-0.15, -0.1) is 0 Å². The molecule has 1 rings (SSSR count). The topological polar surface area (TPSA) is 29.5 Å². The van der Waals surface area contributed by atoms with Crippen LogP contribution in [0.5, 0.6) is 5.75 Å². The van der Waals surface area contributed by atoms with Crippen LogP contribution in [0.4, 0.5) is 13.2 Å². The number of benzene rings is 1. The molecule has 0 atom stereocenters. The maximum Gasteiger partial charge on any atom is 0.174 e. The number of hydrogen-bond acceptors (Lipinski definition) is 2. The molecule has 0 aliphatic heterocycles. The summed E-state index contributed by atoms with van der Waals surface area (Å²) in [4.78, 5) is 0. The number of methoxy groups -OCH3 is 1. The van der Waals surface area contributed by atoms with Crippen LogP contribution in [0.1, 0.15) is 19.4 Å². The Hall–Kier alpha value is -1.23. The molecule has 2 nitrogen and oxygen atoms in total. The minimum absolute atomic E-state index is 0.439. The monoisotopic (exact) mass is 220 g/mol. The smallest absolute Gasteiger partial charge is 0.174 e. The fraction of sp³-hybridized carbons (Fsp3) is 0.400. The van der Waals surface area contributed by atoms with E-state index in [1.807, 2.05) is 0 Å². The molecule has 0 aliphatic carbocycles. The molecule has 0 aromatic heterocycles. The Morgan fingerprint density at radius 2 is 1.73 bits per heavy atom. The zero-order chi connectivity index (χ0) is 11.8. The molecule has 0 spiro atoms. The van der Waals surface area contributed by atoms with Gasteiger partial charge in [0.2, 0.25) is 0 Å². The van der Waals surface area contributed by atoms with Crippen LogP contribution in [-0.2, 0) is 5.60 Å². The molecule has 0 amide bonds. The first-order valence-corrected chi connectivity index (χ1v) is 4.23.